The van der Waals surface area contributed by atoms with Gasteiger partial charge in [0, 0.05) is 24.0 Å². The van der Waals surface area contributed by atoms with Crippen LogP contribution >= 0.6 is 0 Å². The van der Waals surface area contributed by atoms with Gasteiger partial charge in [0.1, 0.15) is 12.4 Å². The summed E-state index contributed by atoms with van der Waals surface area (Å²) in [6, 6.07) is 7.70. The largest absolute Gasteiger partial charge is 0.411 e. The van der Waals surface area contributed by atoms with Gasteiger partial charge in [-0.2, -0.15) is 13.2 Å². The SMILES string of the molecule is FC(F)(F)CO[C@H]1CC[C@@H](Nc2ccc3ncc(-c4ccncc4)n3n2)CC1. The summed E-state index contributed by atoms with van der Waals surface area (Å²) < 4.78 is 43.6. The Morgan fingerprint density at radius 2 is 1.82 bits per heavy atom. The number of fused-ring (bicyclic) bond motifs is 1. The monoisotopic (exact) mass is 391 g/mol. The van der Waals surface area contributed by atoms with Gasteiger partial charge in [-0.05, 0) is 49.9 Å². The van der Waals surface area contributed by atoms with Crippen LogP contribution in [0.3, 0.4) is 0 Å². The second-order valence-electron chi connectivity index (χ2n) is 6.91. The van der Waals surface area contributed by atoms with Crippen LogP contribution < -0.4 is 5.32 Å². The van der Waals surface area contributed by atoms with Gasteiger partial charge in [-0.1, -0.05) is 0 Å². The van der Waals surface area contributed by atoms with Gasteiger partial charge in [-0.3, -0.25) is 4.98 Å². The Hall–Kier alpha value is -2.68. The molecule has 4 rings (SSSR count). The first-order chi connectivity index (χ1) is 13.5. The molecule has 3 aromatic rings. The van der Waals surface area contributed by atoms with Crippen molar-refractivity contribution < 1.29 is 17.9 Å². The zero-order valence-corrected chi connectivity index (χ0v) is 15.1. The molecule has 1 aliphatic rings. The number of rotatable bonds is 5. The molecule has 1 saturated carbocycles. The maximum atomic E-state index is 12.3. The van der Waals surface area contributed by atoms with E-state index in [0.29, 0.717) is 18.7 Å². The van der Waals surface area contributed by atoms with Gasteiger partial charge >= 0.3 is 6.18 Å². The van der Waals surface area contributed by atoms with Crippen molar-refractivity contribution in [3.8, 4) is 11.3 Å². The highest BCUT2D eigenvalue weighted by molar-refractivity contribution is 5.63. The predicted molar refractivity (Wildman–Crippen MR) is 97.9 cm³/mol. The third kappa shape index (κ3) is 4.41. The molecule has 0 bridgehead atoms. The van der Waals surface area contributed by atoms with Crippen LogP contribution in [0.25, 0.3) is 16.9 Å². The average molecular weight is 391 g/mol. The van der Waals surface area contributed by atoms with Crippen LogP contribution in [0.5, 0.6) is 0 Å². The van der Waals surface area contributed by atoms with Gasteiger partial charge < -0.3 is 10.1 Å². The normalized spacial score (nSPS) is 20.4. The van der Waals surface area contributed by atoms with E-state index in [9.17, 15) is 13.2 Å². The van der Waals surface area contributed by atoms with E-state index in [1.165, 1.54) is 0 Å². The summed E-state index contributed by atoms with van der Waals surface area (Å²) in [5.74, 6) is 0.709. The Kier molecular flexibility index (Phi) is 5.17. The molecule has 28 heavy (non-hydrogen) atoms. The molecule has 148 valence electrons. The topological polar surface area (TPSA) is 64.3 Å². The van der Waals surface area contributed by atoms with Crippen molar-refractivity contribution in [3.05, 3.63) is 42.9 Å². The van der Waals surface area contributed by atoms with Crippen LogP contribution in [0.15, 0.2) is 42.9 Å². The zero-order valence-electron chi connectivity index (χ0n) is 15.1. The van der Waals surface area contributed by atoms with E-state index in [-0.39, 0.29) is 12.1 Å². The number of imidazole rings is 1. The quantitative estimate of drug-likeness (QED) is 0.710. The van der Waals surface area contributed by atoms with Crippen molar-refractivity contribution in [2.24, 2.45) is 0 Å². The molecule has 1 aliphatic carbocycles. The van der Waals surface area contributed by atoms with Gasteiger partial charge in [-0.25, -0.2) is 9.50 Å². The Labute approximate surface area is 159 Å². The summed E-state index contributed by atoms with van der Waals surface area (Å²) in [4.78, 5) is 8.40. The van der Waals surface area contributed by atoms with Crippen LogP contribution in [0.2, 0.25) is 0 Å². The highest BCUT2D eigenvalue weighted by Gasteiger charge is 2.30. The predicted octanol–water partition coefficient (Wildman–Crippen LogP) is 4.09. The lowest BCUT2D eigenvalue weighted by atomic mass is 9.93. The molecule has 0 aromatic carbocycles. The molecule has 9 heteroatoms. The first-order valence-electron chi connectivity index (χ1n) is 9.18. The van der Waals surface area contributed by atoms with Gasteiger partial charge in [0.2, 0.25) is 0 Å². The lowest BCUT2D eigenvalue weighted by Gasteiger charge is -2.29. The molecule has 3 heterocycles. The second-order valence-corrected chi connectivity index (χ2v) is 6.91. The molecule has 1 N–H and O–H groups in total. The summed E-state index contributed by atoms with van der Waals surface area (Å²) in [5.41, 5.74) is 2.57. The third-order valence-electron chi connectivity index (χ3n) is 4.85. The van der Waals surface area contributed by atoms with E-state index in [1.54, 1.807) is 23.1 Å². The van der Waals surface area contributed by atoms with Crippen molar-refractivity contribution >= 4 is 11.5 Å². The summed E-state index contributed by atoms with van der Waals surface area (Å²) >= 11 is 0. The van der Waals surface area contributed by atoms with Gasteiger partial charge in [0.15, 0.2) is 5.65 Å². The Morgan fingerprint density at radius 1 is 1.07 bits per heavy atom. The Balaban J connectivity index is 1.41. The van der Waals surface area contributed by atoms with Gasteiger partial charge in [0.05, 0.1) is 18.0 Å². The first kappa shape index (κ1) is 18.7. The number of alkyl halides is 3. The van der Waals surface area contributed by atoms with E-state index < -0.39 is 12.8 Å². The van der Waals surface area contributed by atoms with E-state index in [4.69, 9.17) is 4.74 Å². The molecular weight excluding hydrogens is 371 g/mol. The van der Waals surface area contributed by atoms with Crippen LogP contribution in [-0.2, 0) is 4.74 Å². The standard InChI is InChI=1S/C19H20F3N5O/c20-19(21,22)12-28-15-3-1-14(2-4-15)25-17-5-6-18-24-11-16(27(18)26-17)13-7-9-23-10-8-13/h5-11,14-15H,1-4,12H2,(H,25,26)/t14-,15+. The smallest absolute Gasteiger partial charge is 0.369 e. The average Bonchev–Trinajstić information content (AvgIpc) is 3.11. The summed E-state index contributed by atoms with van der Waals surface area (Å²) in [7, 11) is 0. The number of pyridine rings is 1. The molecule has 0 amide bonds. The zero-order chi connectivity index (χ0) is 19.6. The van der Waals surface area contributed by atoms with Crippen molar-refractivity contribution in [3.63, 3.8) is 0 Å². The molecule has 0 unspecified atom stereocenters. The first-order valence-corrected chi connectivity index (χ1v) is 9.18. The van der Waals surface area contributed by atoms with Crippen molar-refractivity contribution in [2.45, 2.75) is 44.0 Å². The molecule has 0 atom stereocenters. The highest BCUT2D eigenvalue weighted by Crippen LogP contribution is 2.26. The summed E-state index contributed by atoms with van der Waals surface area (Å²) in [6.07, 6.45) is 3.28. The molecule has 0 spiro atoms. The number of hydrogen-bond acceptors (Lipinski definition) is 5. The molecule has 0 aliphatic heterocycles. The lowest BCUT2D eigenvalue weighted by molar-refractivity contribution is -0.187. The summed E-state index contributed by atoms with van der Waals surface area (Å²) in [5, 5.41) is 8.02. The third-order valence-corrected chi connectivity index (χ3v) is 4.85. The minimum atomic E-state index is -4.27. The number of nitrogens with zero attached hydrogens (tertiary/aromatic N) is 4. The lowest BCUT2D eigenvalue weighted by Crippen LogP contribution is -2.32. The maximum Gasteiger partial charge on any atom is 0.411 e. The maximum absolute atomic E-state index is 12.3. The number of halogens is 3. The van der Waals surface area contributed by atoms with Crippen LogP contribution in [0, 0.1) is 0 Å². The fraction of sp³-hybridized carbons (Fsp3) is 0.421. The molecule has 1 fully saturated rings. The van der Waals surface area contributed by atoms with Crippen LogP contribution in [0.1, 0.15) is 25.7 Å². The van der Waals surface area contributed by atoms with Crippen LogP contribution in [0.4, 0.5) is 19.0 Å². The van der Waals surface area contributed by atoms with Crippen molar-refractivity contribution in [1.82, 2.24) is 19.6 Å². The number of ether oxygens (including phenoxy) is 1. The molecule has 6 nitrogen and oxygen atoms in total. The number of anilines is 1. The number of hydrogen-bond donors (Lipinski definition) is 1. The van der Waals surface area contributed by atoms with Crippen molar-refractivity contribution in [1.29, 1.82) is 0 Å². The molecular formula is C19H20F3N5O. The second kappa shape index (κ2) is 7.75. The van der Waals surface area contributed by atoms with Crippen LogP contribution in [-0.4, -0.2) is 44.5 Å². The van der Waals surface area contributed by atoms with Gasteiger partial charge in [0.25, 0.3) is 0 Å². The fourth-order valence-corrected chi connectivity index (χ4v) is 3.47. The van der Waals surface area contributed by atoms with E-state index in [0.717, 1.165) is 29.7 Å². The highest BCUT2D eigenvalue weighted by atomic mass is 19.4. The summed E-state index contributed by atoms with van der Waals surface area (Å²) in [6.45, 7) is -1.17. The van der Waals surface area contributed by atoms with E-state index in [2.05, 4.69) is 20.4 Å². The van der Waals surface area contributed by atoms with E-state index in [1.807, 2.05) is 24.3 Å². The number of nitrogens with one attached hydrogen (secondary N) is 1. The molecule has 3 aromatic heterocycles. The fourth-order valence-electron chi connectivity index (χ4n) is 3.47. The minimum absolute atomic E-state index is 0.156. The van der Waals surface area contributed by atoms with E-state index >= 15 is 0 Å². The van der Waals surface area contributed by atoms with Gasteiger partial charge in [-0.15, -0.1) is 5.10 Å². The molecule has 0 saturated heterocycles. The number of aromatic nitrogens is 4. The Morgan fingerprint density at radius 3 is 2.54 bits per heavy atom. The van der Waals surface area contributed by atoms with Crippen molar-refractivity contribution in [2.75, 3.05) is 11.9 Å². The molecule has 0 radical (unpaired) electrons. The Bertz CT molecular complexity index is 920. The minimum Gasteiger partial charge on any atom is -0.369 e.